The van der Waals surface area contributed by atoms with Gasteiger partial charge in [-0.05, 0) is 11.6 Å². The van der Waals surface area contributed by atoms with Crippen LogP contribution in [0.3, 0.4) is 0 Å². The fourth-order valence-electron chi connectivity index (χ4n) is 1.62. The Labute approximate surface area is 87.8 Å². The molecular formula is C12H13F2N. The maximum atomic E-state index is 13.0. The van der Waals surface area contributed by atoms with Gasteiger partial charge < -0.3 is 0 Å². The molecule has 0 fully saturated rings. The number of fused-ring (bicyclic) bond motifs is 1. The molecule has 1 nitrogen and oxygen atoms in total. The molecule has 0 amide bonds. The van der Waals surface area contributed by atoms with Gasteiger partial charge in [0.05, 0.1) is 5.69 Å². The van der Waals surface area contributed by atoms with Gasteiger partial charge in [-0.1, -0.05) is 20.8 Å². The predicted octanol–water partition coefficient (Wildman–Crippen LogP) is 3.64. The van der Waals surface area contributed by atoms with E-state index >= 15 is 0 Å². The van der Waals surface area contributed by atoms with E-state index in [9.17, 15) is 8.78 Å². The van der Waals surface area contributed by atoms with Crippen LogP contribution in [0.2, 0.25) is 0 Å². The normalized spacial score (nSPS) is 15.1. The van der Waals surface area contributed by atoms with Crippen LogP contribution in [-0.4, -0.2) is 5.71 Å². The summed E-state index contributed by atoms with van der Waals surface area (Å²) in [6.45, 7) is 6.14. The highest BCUT2D eigenvalue weighted by Gasteiger charge is 2.26. The average molecular weight is 209 g/mol. The van der Waals surface area contributed by atoms with Crippen LogP contribution in [0.1, 0.15) is 26.3 Å². The average Bonchev–Trinajstić information content (AvgIpc) is 2.47. The monoisotopic (exact) mass is 209 g/mol. The Hall–Kier alpha value is -1.25. The fraction of sp³-hybridized carbons (Fsp3) is 0.417. The van der Waals surface area contributed by atoms with E-state index in [1.807, 2.05) is 20.8 Å². The zero-order valence-corrected chi connectivity index (χ0v) is 9.06. The first-order chi connectivity index (χ1) is 6.88. The largest absolute Gasteiger partial charge is 0.257 e. The number of halogens is 2. The van der Waals surface area contributed by atoms with E-state index in [1.165, 1.54) is 12.1 Å². The van der Waals surface area contributed by atoms with E-state index in [0.29, 0.717) is 12.1 Å². The van der Waals surface area contributed by atoms with Gasteiger partial charge in [-0.3, -0.25) is 4.99 Å². The van der Waals surface area contributed by atoms with Crippen LogP contribution in [0.15, 0.2) is 17.1 Å². The van der Waals surface area contributed by atoms with Gasteiger partial charge in [-0.15, -0.1) is 0 Å². The van der Waals surface area contributed by atoms with E-state index in [4.69, 9.17) is 0 Å². The lowest BCUT2D eigenvalue weighted by Gasteiger charge is -2.17. The molecule has 0 radical (unpaired) electrons. The molecule has 0 spiro atoms. The summed E-state index contributed by atoms with van der Waals surface area (Å²) in [4.78, 5) is 4.33. The van der Waals surface area contributed by atoms with Crippen molar-refractivity contribution >= 4 is 11.4 Å². The number of benzene rings is 1. The van der Waals surface area contributed by atoms with E-state index in [0.717, 1.165) is 11.3 Å². The topological polar surface area (TPSA) is 12.4 Å². The van der Waals surface area contributed by atoms with Gasteiger partial charge >= 0.3 is 0 Å². The number of nitrogens with zero attached hydrogens (tertiary/aromatic N) is 1. The Morgan fingerprint density at radius 1 is 1.13 bits per heavy atom. The minimum atomic E-state index is -0.826. The maximum Gasteiger partial charge on any atom is 0.160 e. The molecule has 1 aromatic carbocycles. The summed E-state index contributed by atoms with van der Waals surface area (Å²) >= 11 is 0. The molecule has 1 aliphatic heterocycles. The van der Waals surface area contributed by atoms with Crippen LogP contribution in [0.5, 0.6) is 0 Å². The summed E-state index contributed by atoms with van der Waals surface area (Å²) < 4.78 is 25.9. The van der Waals surface area contributed by atoms with Gasteiger partial charge in [0, 0.05) is 23.6 Å². The summed E-state index contributed by atoms with van der Waals surface area (Å²) in [6.07, 6.45) is 0.621. The fourth-order valence-corrected chi connectivity index (χ4v) is 1.62. The molecule has 1 aromatic rings. The molecular weight excluding hydrogens is 196 g/mol. The third-order valence-electron chi connectivity index (χ3n) is 2.60. The molecule has 0 atom stereocenters. The highest BCUT2D eigenvalue weighted by atomic mass is 19.2. The van der Waals surface area contributed by atoms with Crippen LogP contribution < -0.4 is 0 Å². The molecule has 0 aromatic heterocycles. The second-order valence-electron chi connectivity index (χ2n) is 4.88. The Morgan fingerprint density at radius 3 is 2.33 bits per heavy atom. The zero-order chi connectivity index (χ0) is 11.2. The van der Waals surface area contributed by atoms with Gasteiger partial charge in [0.15, 0.2) is 11.6 Å². The smallest absolute Gasteiger partial charge is 0.160 e. The van der Waals surface area contributed by atoms with Crippen molar-refractivity contribution in [3.8, 4) is 0 Å². The molecule has 2 rings (SSSR count). The van der Waals surface area contributed by atoms with Gasteiger partial charge in [-0.2, -0.15) is 0 Å². The van der Waals surface area contributed by atoms with Crippen LogP contribution in [-0.2, 0) is 6.42 Å². The lowest BCUT2D eigenvalue weighted by atomic mass is 9.87. The van der Waals surface area contributed by atoms with Crippen molar-refractivity contribution < 1.29 is 8.78 Å². The quantitative estimate of drug-likeness (QED) is 0.618. The van der Waals surface area contributed by atoms with E-state index in [-0.39, 0.29) is 5.41 Å². The predicted molar refractivity (Wildman–Crippen MR) is 56.6 cm³/mol. The zero-order valence-electron chi connectivity index (χ0n) is 9.06. The summed E-state index contributed by atoms with van der Waals surface area (Å²) in [6, 6.07) is 2.41. The molecule has 1 heterocycles. The Balaban J connectivity index is 2.43. The van der Waals surface area contributed by atoms with E-state index < -0.39 is 11.6 Å². The van der Waals surface area contributed by atoms with Crippen LogP contribution in [0, 0.1) is 17.0 Å². The first kappa shape index (κ1) is 10.3. The molecule has 80 valence electrons. The van der Waals surface area contributed by atoms with Gasteiger partial charge in [0.25, 0.3) is 0 Å². The molecule has 3 heteroatoms. The number of hydrogen-bond donors (Lipinski definition) is 0. The van der Waals surface area contributed by atoms with Gasteiger partial charge in [0.2, 0.25) is 0 Å². The Kier molecular flexibility index (Phi) is 2.14. The first-order valence-electron chi connectivity index (χ1n) is 4.94. The van der Waals surface area contributed by atoms with Gasteiger partial charge in [-0.25, -0.2) is 8.78 Å². The Morgan fingerprint density at radius 2 is 1.73 bits per heavy atom. The minimum absolute atomic E-state index is 0.0496. The third kappa shape index (κ3) is 1.78. The molecule has 0 unspecified atom stereocenters. The minimum Gasteiger partial charge on any atom is -0.257 e. The maximum absolute atomic E-state index is 13.0. The summed E-state index contributed by atoms with van der Waals surface area (Å²) in [7, 11) is 0. The lowest BCUT2D eigenvalue weighted by Crippen LogP contribution is -2.19. The molecule has 0 N–H and O–H groups in total. The third-order valence-corrected chi connectivity index (χ3v) is 2.60. The van der Waals surface area contributed by atoms with Crippen LogP contribution in [0.4, 0.5) is 14.5 Å². The van der Waals surface area contributed by atoms with Crippen molar-refractivity contribution in [3.05, 3.63) is 29.3 Å². The number of rotatable bonds is 0. The molecule has 0 bridgehead atoms. The van der Waals surface area contributed by atoms with Gasteiger partial charge in [0.1, 0.15) is 0 Å². The summed E-state index contributed by atoms with van der Waals surface area (Å²) in [5.74, 6) is -1.62. The Bertz CT molecular complexity index is 442. The van der Waals surface area contributed by atoms with Crippen molar-refractivity contribution in [1.29, 1.82) is 0 Å². The highest BCUT2D eigenvalue weighted by molar-refractivity contribution is 5.97. The first-order valence-corrected chi connectivity index (χ1v) is 4.94. The van der Waals surface area contributed by atoms with Crippen molar-refractivity contribution in [3.63, 3.8) is 0 Å². The second kappa shape index (κ2) is 3.12. The SMILES string of the molecule is CC(C)(C)C1=Nc2cc(F)c(F)cc2C1. The number of aliphatic imine (C=N–C) groups is 1. The van der Waals surface area contributed by atoms with E-state index in [1.54, 1.807) is 0 Å². The molecule has 1 aliphatic rings. The second-order valence-corrected chi connectivity index (χ2v) is 4.88. The van der Waals surface area contributed by atoms with E-state index in [2.05, 4.69) is 4.99 Å². The highest BCUT2D eigenvalue weighted by Crippen LogP contribution is 2.34. The molecule has 0 aliphatic carbocycles. The van der Waals surface area contributed by atoms with Crippen molar-refractivity contribution in [2.75, 3.05) is 0 Å². The number of hydrogen-bond acceptors (Lipinski definition) is 1. The molecule has 0 saturated carbocycles. The van der Waals surface area contributed by atoms with Crippen molar-refractivity contribution in [2.45, 2.75) is 27.2 Å². The van der Waals surface area contributed by atoms with Crippen molar-refractivity contribution in [1.82, 2.24) is 0 Å². The van der Waals surface area contributed by atoms with Crippen LogP contribution in [0.25, 0.3) is 0 Å². The van der Waals surface area contributed by atoms with Crippen LogP contribution >= 0.6 is 0 Å². The molecule has 15 heavy (non-hydrogen) atoms. The molecule has 0 saturated heterocycles. The summed E-state index contributed by atoms with van der Waals surface area (Å²) in [5, 5.41) is 0. The van der Waals surface area contributed by atoms with Crippen molar-refractivity contribution in [2.24, 2.45) is 10.4 Å². The lowest BCUT2D eigenvalue weighted by molar-refractivity contribution is 0.508. The summed E-state index contributed by atoms with van der Waals surface area (Å²) in [5.41, 5.74) is 2.27. The standard InChI is InChI=1S/C12H13F2N/c1-12(2,3)11-5-7-4-8(13)9(14)6-10(7)15-11/h4,6H,5H2,1-3H3.